The van der Waals surface area contributed by atoms with Crippen LogP contribution in [0.25, 0.3) is 0 Å². The van der Waals surface area contributed by atoms with Crippen LogP contribution in [0, 0.1) is 0 Å². The Morgan fingerprint density at radius 2 is 0.767 bits per heavy atom. The van der Waals surface area contributed by atoms with Crippen LogP contribution in [0.3, 0.4) is 0 Å². The van der Waals surface area contributed by atoms with E-state index in [0.29, 0.717) is 91.8 Å². The van der Waals surface area contributed by atoms with Crippen molar-refractivity contribution in [3.05, 3.63) is 174 Å². The van der Waals surface area contributed by atoms with Crippen molar-refractivity contribution in [2.24, 2.45) is 0 Å². The van der Waals surface area contributed by atoms with Crippen LogP contribution in [-0.4, -0.2) is 59.5 Å². The van der Waals surface area contributed by atoms with E-state index in [9.17, 15) is 0 Å². The number of benzene rings is 5. The van der Waals surface area contributed by atoms with Crippen LogP contribution < -0.4 is 18.9 Å². The normalized spacial score (nSPS) is 15.5. The Hall–Kier alpha value is -5.12. The highest BCUT2D eigenvalue weighted by atomic mass is 32.1. The Balaban J connectivity index is 1.47. The topological polar surface area (TPSA) is 64.6 Å². The zero-order valence-corrected chi connectivity index (χ0v) is 46.9. The summed E-state index contributed by atoms with van der Waals surface area (Å²) in [5, 5.41) is 4.38. The van der Waals surface area contributed by atoms with E-state index in [2.05, 4.69) is 179 Å². The van der Waals surface area contributed by atoms with E-state index in [-0.39, 0.29) is 21.7 Å². The van der Waals surface area contributed by atoms with Crippen molar-refractivity contribution in [3.8, 4) is 23.0 Å². The summed E-state index contributed by atoms with van der Waals surface area (Å²) in [6.45, 7) is 32.2. The quantitative estimate of drug-likeness (QED) is 0.158. The van der Waals surface area contributed by atoms with Gasteiger partial charge in [-0.15, -0.1) is 0 Å². The van der Waals surface area contributed by atoms with E-state index in [1.54, 1.807) is 11.3 Å². The van der Waals surface area contributed by atoms with Crippen molar-refractivity contribution >= 4 is 11.3 Å². The van der Waals surface area contributed by atoms with Crippen molar-refractivity contribution in [2.45, 2.75) is 143 Å². The Morgan fingerprint density at radius 1 is 0.411 bits per heavy atom. The molecule has 8 heteroatoms. The molecular weight excluding hydrogens is 925 g/mol. The Morgan fingerprint density at radius 3 is 1.12 bits per heavy atom. The monoisotopic (exact) mass is 1010 g/mol. The fourth-order valence-electron chi connectivity index (χ4n) is 9.75. The van der Waals surface area contributed by atoms with E-state index in [4.69, 9.17) is 33.2 Å². The van der Waals surface area contributed by atoms with E-state index in [1.165, 1.54) is 27.8 Å². The van der Waals surface area contributed by atoms with Gasteiger partial charge in [-0.1, -0.05) is 162 Å². The van der Waals surface area contributed by atoms with Crippen LogP contribution in [0.1, 0.15) is 161 Å². The number of hydrogen-bond acceptors (Lipinski definition) is 8. The van der Waals surface area contributed by atoms with Gasteiger partial charge in [0.2, 0.25) is 0 Å². The molecule has 390 valence electrons. The minimum absolute atomic E-state index is 0.151. The first-order chi connectivity index (χ1) is 34.7. The lowest BCUT2D eigenvalue weighted by molar-refractivity contribution is 0.00484. The average molecular weight is 1010 g/mol. The fraction of sp³-hybridized carbons (Fsp3) is 0.477. The molecule has 0 saturated heterocycles. The van der Waals surface area contributed by atoms with E-state index in [0.717, 1.165) is 79.5 Å². The highest BCUT2D eigenvalue weighted by molar-refractivity contribution is 7.07. The maximum atomic E-state index is 7.24. The number of fused-ring (bicyclic) bond motifs is 2. The molecule has 10 bridgehead atoms. The predicted octanol–water partition coefficient (Wildman–Crippen LogP) is 14.6. The second-order valence-electron chi connectivity index (χ2n) is 24.2. The summed E-state index contributed by atoms with van der Waals surface area (Å²) in [7, 11) is 0. The standard InChI is InChI=1S/C65H82O7S/c1-62(2,3)54-34-46-30-48-36-55(63(4,5)6)38-50-32-52-40-57(65(10,11)12)41-53(61(52)72-42-44-16-14-13-15-17-44)33-51-39-56(64(7,8)9)37-49(31-47(35-54)58(46)69-20-18-45-19-29-73-43-45)60(51)71-28-26-68-24-22-66-21-23-67-25-27-70-59(48)50/h13-17,19,29,34-41,43H,18,20-28,30-33,42H2,1-12H3. The molecule has 2 heterocycles. The van der Waals surface area contributed by atoms with Gasteiger partial charge in [-0.05, 0) is 116 Å². The van der Waals surface area contributed by atoms with Crippen LogP contribution in [0.2, 0.25) is 0 Å². The molecule has 1 aromatic heterocycles. The molecule has 0 spiro atoms. The van der Waals surface area contributed by atoms with Gasteiger partial charge in [0.1, 0.15) is 42.8 Å². The zero-order chi connectivity index (χ0) is 52.0. The largest absolute Gasteiger partial charge is 0.493 e. The van der Waals surface area contributed by atoms with Gasteiger partial charge in [0.15, 0.2) is 0 Å². The molecular formula is C65H82O7S. The molecule has 0 radical (unpaired) electrons. The van der Waals surface area contributed by atoms with Gasteiger partial charge in [0.25, 0.3) is 0 Å². The third kappa shape index (κ3) is 14.2. The minimum Gasteiger partial charge on any atom is -0.493 e. The fourth-order valence-corrected chi connectivity index (χ4v) is 10.4. The second-order valence-corrected chi connectivity index (χ2v) is 25.0. The lowest BCUT2D eigenvalue weighted by atomic mass is 9.79. The SMILES string of the molecule is CC(C)(C)c1cc2c(OCCc3ccsc3)c(c1)Cc1cc(C(C)(C)C)cc3c1OCCOCCOCCOCCOc1c(cc(C(C)(C)C)cc1Cc1cc(C(C)(C)C)cc(c1OCc1ccccc1)C3)C2. The maximum absolute atomic E-state index is 7.24. The van der Waals surface area contributed by atoms with Crippen molar-refractivity contribution < 1.29 is 33.2 Å². The Bertz CT molecular complexity index is 2650. The Labute approximate surface area is 441 Å². The molecule has 7 nitrogen and oxygen atoms in total. The molecule has 0 atom stereocenters. The predicted molar refractivity (Wildman–Crippen MR) is 300 cm³/mol. The van der Waals surface area contributed by atoms with Gasteiger partial charge >= 0.3 is 0 Å². The Kier molecular flexibility index (Phi) is 17.2. The summed E-state index contributed by atoms with van der Waals surface area (Å²) in [5.74, 6) is 3.61. The minimum atomic E-state index is -0.160. The molecule has 6 aromatic rings. The first-order valence-corrected chi connectivity index (χ1v) is 27.6. The molecule has 0 unspecified atom stereocenters. The molecule has 1 aliphatic carbocycles. The van der Waals surface area contributed by atoms with Gasteiger partial charge in [0, 0.05) is 32.1 Å². The smallest absolute Gasteiger partial charge is 0.126 e. The van der Waals surface area contributed by atoms with E-state index < -0.39 is 0 Å². The highest BCUT2D eigenvalue weighted by Crippen LogP contribution is 2.45. The van der Waals surface area contributed by atoms with E-state index in [1.807, 2.05) is 0 Å². The first-order valence-electron chi connectivity index (χ1n) is 26.7. The summed E-state index contributed by atoms with van der Waals surface area (Å²) in [4.78, 5) is 0. The molecule has 0 saturated carbocycles. The lowest BCUT2D eigenvalue weighted by Crippen LogP contribution is -2.19. The van der Waals surface area contributed by atoms with Crippen LogP contribution >= 0.6 is 11.3 Å². The third-order valence-electron chi connectivity index (χ3n) is 14.1. The third-order valence-corrected chi connectivity index (χ3v) is 14.8. The van der Waals surface area contributed by atoms with Crippen LogP contribution in [0.5, 0.6) is 23.0 Å². The number of rotatable bonds is 7. The summed E-state index contributed by atoms with van der Waals surface area (Å²) >= 11 is 1.73. The van der Waals surface area contributed by atoms with Crippen molar-refractivity contribution in [1.82, 2.24) is 0 Å². The van der Waals surface area contributed by atoms with E-state index >= 15 is 0 Å². The number of thiophene rings is 1. The van der Waals surface area contributed by atoms with Gasteiger partial charge in [-0.25, -0.2) is 0 Å². The molecule has 73 heavy (non-hydrogen) atoms. The molecule has 5 aromatic carbocycles. The highest BCUT2D eigenvalue weighted by Gasteiger charge is 2.30. The number of ether oxygens (including phenoxy) is 7. The van der Waals surface area contributed by atoms with Crippen molar-refractivity contribution in [1.29, 1.82) is 0 Å². The van der Waals surface area contributed by atoms with Gasteiger partial charge < -0.3 is 33.2 Å². The number of hydrogen-bond donors (Lipinski definition) is 0. The van der Waals surface area contributed by atoms with Crippen LogP contribution in [0.15, 0.2) is 95.7 Å². The summed E-state index contributed by atoms with van der Waals surface area (Å²) in [6.07, 6.45) is 3.20. The molecule has 2 aliphatic rings. The van der Waals surface area contributed by atoms with Gasteiger partial charge in [-0.2, -0.15) is 11.3 Å². The summed E-state index contributed by atoms with van der Waals surface area (Å²) in [6, 6.07) is 31.9. The summed E-state index contributed by atoms with van der Waals surface area (Å²) in [5.41, 5.74) is 15.8. The summed E-state index contributed by atoms with van der Waals surface area (Å²) < 4.78 is 47.0. The lowest BCUT2D eigenvalue weighted by Gasteiger charge is -2.29. The van der Waals surface area contributed by atoms with Gasteiger partial charge in [0.05, 0.1) is 46.2 Å². The molecule has 0 N–H and O–H groups in total. The zero-order valence-electron chi connectivity index (χ0n) is 46.1. The first kappa shape index (κ1) is 54.2. The average Bonchev–Trinajstić information content (AvgIpc) is 3.84. The van der Waals surface area contributed by atoms with Crippen molar-refractivity contribution in [3.63, 3.8) is 0 Å². The van der Waals surface area contributed by atoms with Crippen LogP contribution in [0.4, 0.5) is 0 Å². The van der Waals surface area contributed by atoms with Crippen molar-refractivity contribution in [2.75, 3.05) is 59.5 Å². The maximum Gasteiger partial charge on any atom is 0.126 e. The molecule has 0 amide bonds. The van der Waals surface area contributed by atoms with Crippen LogP contribution in [-0.2, 0) is 74.6 Å². The molecule has 8 rings (SSSR count). The second kappa shape index (κ2) is 23.2. The molecule has 1 aliphatic heterocycles. The molecule has 0 fully saturated rings. The van der Waals surface area contributed by atoms with Gasteiger partial charge in [-0.3, -0.25) is 0 Å².